The van der Waals surface area contributed by atoms with E-state index in [9.17, 15) is 14.4 Å². The second-order valence-electron chi connectivity index (χ2n) is 7.44. The summed E-state index contributed by atoms with van der Waals surface area (Å²) in [5, 5.41) is 0. The van der Waals surface area contributed by atoms with Gasteiger partial charge in [0.1, 0.15) is 11.3 Å². The molecule has 4 amide bonds. The van der Waals surface area contributed by atoms with Gasteiger partial charge in [0.2, 0.25) is 0 Å². The van der Waals surface area contributed by atoms with E-state index < -0.39 is 17.8 Å². The van der Waals surface area contributed by atoms with E-state index in [0.717, 1.165) is 20.9 Å². The molecule has 1 aliphatic rings. The summed E-state index contributed by atoms with van der Waals surface area (Å²) in [6.45, 7) is 3.63. The predicted molar refractivity (Wildman–Crippen MR) is 124 cm³/mol. The smallest absolute Gasteiger partial charge is 0.343 e. The lowest BCUT2D eigenvalue weighted by Gasteiger charge is -2.35. The molecule has 0 N–H and O–H groups in total. The molecule has 0 atom stereocenters. The first-order chi connectivity index (χ1) is 15.4. The number of ether oxygens (including phenoxy) is 1. The molecule has 1 heterocycles. The molecular weight excluding hydrogens is 404 g/mol. The van der Waals surface area contributed by atoms with Gasteiger partial charge in [-0.05, 0) is 49.2 Å². The van der Waals surface area contributed by atoms with Crippen LogP contribution in [-0.2, 0) is 9.59 Å². The maximum absolute atomic E-state index is 13.5. The van der Waals surface area contributed by atoms with Crippen molar-refractivity contribution in [3.8, 4) is 5.75 Å². The van der Waals surface area contributed by atoms with Crippen molar-refractivity contribution >= 4 is 35.3 Å². The largest absolute Gasteiger partial charge is 0.496 e. The molecule has 4 rings (SSSR count). The van der Waals surface area contributed by atoms with Gasteiger partial charge in [-0.1, -0.05) is 54.6 Å². The monoisotopic (exact) mass is 426 g/mol. The molecule has 1 aliphatic heterocycles. The third-order valence-corrected chi connectivity index (χ3v) is 5.40. The van der Waals surface area contributed by atoms with Crippen molar-refractivity contribution in [1.29, 1.82) is 0 Å². The molecule has 160 valence electrons. The van der Waals surface area contributed by atoms with Crippen molar-refractivity contribution in [3.63, 3.8) is 0 Å². The van der Waals surface area contributed by atoms with Crippen LogP contribution < -0.4 is 14.5 Å². The zero-order valence-corrected chi connectivity index (χ0v) is 18.0. The highest BCUT2D eigenvalue weighted by atomic mass is 16.5. The molecule has 32 heavy (non-hydrogen) atoms. The number of imide groups is 2. The average molecular weight is 426 g/mol. The van der Waals surface area contributed by atoms with Crippen molar-refractivity contribution < 1.29 is 19.1 Å². The molecule has 0 radical (unpaired) electrons. The molecule has 6 nitrogen and oxygen atoms in total. The topological polar surface area (TPSA) is 66.9 Å². The van der Waals surface area contributed by atoms with Crippen LogP contribution in [0, 0.1) is 13.8 Å². The summed E-state index contributed by atoms with van der Waals surface area (Å²) in [6, 6.07) is 20.5. The molecular formula is C26H22N2O4. The van der Waals surface area contributed by atoms with E-state index in [-0.39, 0.29) is 5.57 Å². The maximum atomic E-state index is 13.5. The second-order valence-corrected chi connectivity index (χ2v) is 7.44. The van der Waals surface area contributed by atoms with Gasteiger partial charge >= 0.3 is 6.03 Å². The fourth-order valence-corrected chi connectivity index (χ4v) is 3.72. The number of rotatable bonds is 4. The van der Waals surface area contributed by atoms with Gasteiger partial charge in [0.25, 0.3) is 11.8 Å². The summed E-state index contributed by atoms with van der Waals surface area (Å²) in [7, 11) is 1.52. The zero-order chi connectivity index (χ0) is 22.8. The second kappa shape index (κ2) is 8.51. The molecule has 6 heteroatoms. The van der Waals surface area contributed by atoms with Gasteiger partial charge in [0, 0.05) is 5.56 Å². The maximum Gasteiger partial charge on any atom is 0.343 e. The Morgan fingerprint density at radius 2 is 1.16 bits per heavy atom. The number of amides is 4. The molecule has 1 fully saturated rings. The van der Waals surface area contributed by atoms with Crippen LogP contribution >= 0.6 is 0 Å². The Balaban J connectivity index is 1.94. The minimum Gasteiger partial charge on any atom is -0.496 e. The third-order valence-electron chi connectivity index (χ3n) is 5.40. The van der Waals surface area contributed by atoms with Gasteiger partial charge < -0.3 is 4.74 Å². The predicted octanol–water partition coefficient (Wildman–Crippen LogP) is 4.90. The van der Waals surface area contributed by atoms with E-state index in [1.165, 1.54) is 13.2 Å². The van der Waals surface area contributed by atoms with Gasteiger partial charge in [-0.2, -0.15) is 0 Å². The number of methoxy groups -OCH3 is 1. The molecule has 3 aromatic carbocycles. The number of aryl methyl sites for hydroxylation is 2. The fourth-order valence-electron chi connectivity index (χ4n) is 3.72. The molecule has 3 aromatic rings. The number of urea groups is 1. The van der Waals surface area contributed by atoms with E-state index in [1.54, 1.807) is 48.5 Å². The number of hydrogen-bond donors (Lipinski definition) is 0. The lowest BCUT2D eigenvalue weighted by molar-refractivity contribution is -0.121. The number of nitrogens with zero attached hydrogens (tertiary/aromatic N) is 2. The van der Waals surface area contributed by atoms with Crippen LogP contribution in [0.25, 0.3) is 6.08 Å². The van der Waals surface area contributed by atoms with E-state index >= 15 is 0 Å². The number of anilines is 2. The van der Waals surface area contributed by atoms with Crippen molar-refractivity contribution in [1.82, 2.24) is 0 Å². The van der Waals surface area contributed by atoms with Crippen LogP contribution in [0.15, 0.2) is 78.4 Å². The molecule has 0 unspecified atom stereocenters. The quantitative estimate of drug-likeness (QED) is 0.440. The number of carbonyl (C=O) groups is 3. The molecule has 0 spiro atoms. The number of hydrogen-bond acceptors (Lipinski definition) is 4. The van der Waals surface area contributed by atoms with E-state index in [4.69, 9.17) is 4.74 Å². The van der Waals surface area contributed by atoms with Gasteiger partial charge in [-0.15, -0.1) is 0 Å². The minimum absolute atomic E-state index is 0.124. The van der Waals surface area contributed by atoms with Crippen LogP contribution in [-0.4, -0.2) is 25.0 Å². The van der Waals surface area contributed by atoms with Gasteiger partial charge in [0.15, 0.2) is 0 Å². The fraction of sp³-hybridized carbons (Fsp3) is 0.115. The van der Waals surface area contributed by atoms with E-state index in [1.807, 2.05) is 38.1 Å². The zero-order valence-electron chi connectivity index (χ0n) is 18.0. The van der Waals surface area contributed by atoms with Gasteiger partial charge in [0.05, 0.1) is 18.5 Å². The van der Waals surface area contributed by atoms with Crippen molar-refractivity contribution in [2.45, 2.75) is 13.8 Å². The van der Waals surface area contributed by atoms with Crippen LogP contribution in [0.4, 0.5) is 16.2 Å². The summed E-state index contributed by atoms with van der Waals surface area (Å²) in [6.07, 6.45) is 1.48. The first kappa shape index (κ1) is 21.1. The van der Waals surface area contributed by atoms with Crippen molar-refractivity contribution in [2.75, 3.05) is 16.9 Å². The summed E-state index contributed by atoms with van der Waals surface area (Å²) in [5.74, 6) is -0.836. The Bertz CT molecular complexity index is 1190. The summed E-state index contributed by atoms with van der Waals surface area (Å²) >= 11 is 0. The van der Waals surface area contributed by atoms with Gasteiger partial charge in [-0.25, -0.2) is 14.6 Å². The van der Waals surface area contributed by atoms with Crippen molar-refractivity contribution in [3.05, 3.63) is 95.1 Å². The molecule has 0 saturated carbocycles. The van der Waals surface area contributed by atoms with Crippen molar-refractivity contribution in [2.24, 2.45) is 0 Å². The Morgan fingerprint density at radius 1 is 0.688 bits per heavy atom. The number of benzene rings is 3. The molecule has 1 saturated heterocycles. The Kier molecular flexibility index (Phi) is 5.60. The molecule has 0 aliphatic carbocycles. The van der Waals surface area contributed by atoms with Crippen LogP contribution in [0.5, 0.6) is 5.75 Å². The third kappa shape index (κ3) is 3.56. The highest BCUT2D eigenvalue weighted by molar-refractivity contribution is 6.46. The summed E-state index contributed by atoms with van der Waals surface area (Å²) in [5.41, 5.74) is 2.78. The molecule has 0 aromatic heterocycles. The number of carbonyl (C=O) groups excluding carboxylic acids is 3. The minimum atomic E-state index is -0.708. The first-order valence-electron chi connectivity index (χ1n) is 10.1. The SMILES string of the molecule is COc1ccccc1C=C1C(=O)N(c2ccccc2C)C(=O)N(c2ccccc2C)C1=O. The van der Waals surface area contributed by atoms with Crippen LogP contribution in [0.3, 0.4) is 0 Å². The Labute approximate surface area is 186 Å². The normalized spacial score (nSPS) is 14.1. The Hall–Kier alpha value is -4.19. The standard InChI is InChI=1S/C26H22N2O4/c1-17-10-4-7-13-21(17)27-24(29)20(16-19-12-6-9-15-23(19)32-3)25(30)28(26(27)31)22-14-8-5-11-18(22)2/h4-16H,1-3H3. The highest BCUT2D eigenvalue weighted by Crippen LogP contribution is 2.33. The summed E-state index contributed by atoms with van der Waals surface area (Å²) in [4.78, 5) is 42.7. The summed E-state index contributed by atoms with van der Waals surface area (Å²) < 4.78 is 5.38. The lowest BCUT2D eigenvalue weighted by Crippen LogP contribution is -2.57. The van der Waals surface area contributed by atoms with Crippen LogP contribution in [0.2, 0.25) is 0 Å². The van der Waals surface area contributed by atoms with Gasteiger partial charge in [-0.3, -0.25) is 9.59 Å². The molecule has 0 bridgehead atoms. The lowest BCUT2D eigenvalue weighted by atomic mass is 10.0. The van der Waals surface area contributed by atoms with Crippen LogP contribution in [0.1, 0.15) is 16.7 Å². The highest BCUT2D eigenvalue weighted by Gasteiger charge is 2.44. The first-order valence-corrected chi connectivity index (χ1v) is 10.1. The average Bonchev–Trinajstić information content (AvgIpc) is 2.79. The van der Waals surface area contributed by atoms with E-state index in [2.05, 4.69) is 0 Å². The van der Waals surface area contributed by atoms with E-state index in [0.29, 0.717) is 22.7 Å². The number of barbiturate groups is 1. The Morgan fingerprint density at radius 3 is 1.66 bits per heavy atom. The number of para-hydroxylation sites is 3.